The van der Waals surface area contributed by atoms with Gasteiger partial charge in [-0.15, -0.1) is 0 Å². The first-order chi connectivity index (χ1) is 6.97. The van der Waals surface area contributed by atoms with Crippen molar-refractivity contribution in [3.05, 3.63) is 48.5 Å². The summed E-state index contributed by atoms with van der Waals surface area (Å²) in [7, 11) is -4.67. The minimum atomic E-state index is -4.67. The van der Waals surface area contributed by atoms with Crippen LogP contribution in [0.3, 0.4) is 0 Å². The molecule has 0 saturated heterocycles. The summed E-state index contributed by atoms with van der Waals surface area (Å²) in [5, 5.41) is 2.62. The highest BCUT2D eigenvalue weighted by molar-refractivity contribution is 7.79. The zero-order valence-corrected chi connectivity index (χ0v) is 9.26. The lowest BCUT2D eigenvalue weighted by Gasteiger charge is -1.92. The van der Waals surface area contributed by atoms with E-state index in [1.165, 1.54) is 10.8 Å². The molecule has 0 heterocycles. The van der Waals surface area contributed by atoms with Gasteiger partial charge in [-0.25, -0.2) is 0 Å². The largest absolute Gasteiger partial charge is 0.394 e. The van der Waals surface area contributed by atoms with E-state index in [9.17, 15) is 0 Å². The maximum atomic E-state index is 8.74. The minimum absolute atomic E-state index is 0. The molecule has 0 aromatic heterocycles. The molecule has 0 unspecified atom stereocenters. The van der Waals surface area contributed by atoms with Crippen LogP contribution in [0.15, 0.2) is 48.5 Å². The number of benzene rings is 2. The third kappa shape index (κ3) is 6.10. The standard InChI is InChI=1S/C10H8.H3N.H2O4S/c1-2-6-10-8-4-3-7-9(10)5-1;;1-5(2,3)4/h1-8H;1H3;(H2,1,2,3,4). The third-order valence-corrected chi connectivity index (χ3v) is 1.66. The van der Waals surface area contributed by atoms with Gasteiger partial charge >= 0.3 is 10.4 Å². The zero-order valence-electron chi connectivity index (χ0n) is 8.45. The third-order valence-electron chi connectivity index (χ3n) is 1.66. The molecule has 0 aliphatic rings. The first kappa shape index (κ1) is 14.5. The topological polar surface area (TPSA) is 110 Å². The number of rotatable bonds is 0. The average molecular weight is 243 g/mol. The molecule has 0 saturated carbocycles. The van der Waals surface area contributed by atoms with Gasteiger partial charge in [-0.3, -0.25) is 9.11 Å². The highest BCUT2D eigenvalue weighted by Crippen LogP contribution is 2.11. The van der Waals surface area contributed by atoms with Gasteiger partial charge in [-0.2, -0.15) is 8.42 Å². The Labute approximate surface area is 93.9 Å². The molecule has 88 valence electrons. The average Bonchev–Trinajstić information content (AvgIpc) is 2.16. The van der Waals surface area contributed by atoms with Crippen LogP contribution in [0.2, 0.25) is 0 Å². The fraction of sp³-hybridized carbons (Fsp3) is 0. The molecule has 5 nitrogen and oxygen atoms in total. The van der Waals surface area contributed by atoms with Crippen molar-refractivity contribution in [2.75, 3.05) is 0 Å². The van der Waals surface area contributed by atoms with Crippen LogP contribution in [0.1, 0.15) is 0 Å². The van der Waals surface area contributed by atoms with E-state index in [0.29, 0.717) is 0 Å². The molecule has 0 amide bonds. The normalized spacial score (nSPS) is 9.88. The van der Waals surface area contributed by atoms with Crippen LogP contribution >= 0.6 is 0 Å². The maximum Gasteiger partial charge on any atom is 0.394 e. The lowest BCUT2D eigenvalue weighted by molar-refractivity contribution is 0.381. The van der Waals surface area contributed by atoms with E-state index in [2.05, 4.69) is 48.5 Å². The molecule has 2 aromatic carbocycles. The van der Waals surface area contributed by atoms with Gasteiger partial charge in [0.1, 0.15) is 0 Å². The molecule has 5 N–H and O–H groups in total. The van der Waals surface area contributed by atoms with Crippen LogP contribution in [0.5, 0.6) is 0 Å². The summed E-state index contributed by atoms with van der Waals surface area (Å²) in [6, 6.07) is 16.7. The van der Waals surface area contributed by atoms with E-state index >= 15 is 0 Å². The quantitative estimate of drug-likeness (QED) is 0.615. The van der Waals surface area contributed by atoms with E-state index in [1.807, 2.05) is 0 Å². The monoisotopic (exact) mass is 243 g/mol. The molecule has 2 rings (SSSR count). The predicted octanol–water partition coefficient (Wildman–Crippen LogP) is 2.35. The molecular weight excluding hydrogens is 230 g/mol. The second-order valence-electron chi connectivity index (χ2n) is 2.79. The van der Waals surface area contributed by atoms with Crippen LogP contribution in [-0.4, -0.2) is 17.5 Å². The maximum absolute atomic E-state index is 8.74. The molecule has 2 aromatic rings. The fourth-order valence-corrected chi connectivity index (χ4v) is 1.13. The van der Waals surface area contributed by atoms with E-state index in [-0.39, 0.29) is 6.15 Å². The van der Waals surface area contributed by atoms with Gasteiger partial charge in [0.25, 0.3) is 0 Å². The van der Waals surface area contributed by atoms with Crippen molar-refractivity contribution in [3.8, 4) is 0 Å². The van der Waals surface area contributed by atoms with E-state index < -0.39 is 10.4 Å². The lowest BCUT2D eigenvalue weighted by Crippen LogP contribution is -1.89. The van der Waals surface area contributed by atoms with Gasteiger partial charge in [0.15, 0.2) is 0 Å². The summed E-state index contributed by atoms with van der Waals surface area (Å²) >= 11 is 0. The minimum Gasteiger partial charge on any atom is -0.344 e. The smallest absolute Gasteiger partial charge is 0.344 e. The predicted molar refractivity (Wildman–Crippen MR) is 63.1 cm³/mol. The van der Waals surface area contributed by atoms with Crippen LogP contribution in [0.4, 0.5) is 0 Å². The van der Waals surface area contributed by atoms with Crippen molar-refractivity contribution >= 4 is 21.2 Å². The summed E-state index contributed by atoms with van der Waals surface area (Å²) < 4.78 is 31.6. The van der Waals surface area contributed by atoms with Crippen LogP contribution in [0.25, 0.3) is 10.8 Å². The van der Waals surface area contributed by atoms with Gasteiger partial charge in [0, 0.05) is 0 Å². The number of hydrogen-bond acceptors (Lipinski definition) is 3. The Hall–Kier alpha value is -1.47. The van der Waals surface area contributed by atoms with Gasteiger partial charge in [0.2, 0.25) is 0 Å². The molecule has 0 spiro atoms. The second-order valence-corrected chi connectivity index (χ2v) is 3.69. The highest BCUT2D eigenvalue weighted by Gasteiger charge is 1.85. The van der Waals surface area contributed by atoms with Crippen molar-refractivity contribution in [1.29, 1.82) is 0 Å². The summed E-state index contributed by atoms with van der Waals surface area (Å²) in [5.74, 6) is 0. The summed E-state index contributed by atoms with van der Waals surface area (Å²) in [6.07, 6.45) is 0. The second kappa shape index (κ2) is 6.19. The Morgan fingerprint density at radius 2 is 0.938 bits per heavy atom. The molecule has 0 bridgehead atoms. The van der Waals surface area contributed by atoms with Crippen LogP contribution < -0.4 is 6.15 Å². The molecule has 0 radical (unpaired) electrons. The van der Waals surface area contributed by atoms with Gasteiger partial charge in [-0.05, 0) is 10.8 Å². The number of hydrogen-bond donors (Lipinski definition) is 3. The Bertz CT molecular complexity index is 466. The summed E-state index contributed by atoms with van der Waals surface area (Å²) in [5.41, 5.74) is 0. The van der Waals surface area contributed by atoms with Crippen molar-refractivity contribution in [2.45, 2.75) is 0 Å². The van der Waals surface area contributed by atoms with Crippen molar-refractivity contribution < 1.29 is 17.5 Å². The van der Waals surface area contributed by atoms with Crippen LogP contribution in [0, 0.1) is 0 Å². The summed E-state index contributed by atoms with van der Waals surface area (Å²) in [4.78, 5) is 0. The van der Waals surface area contributed by atoms with Crippen molar-refractivity contribution in [1.82, 2.24) is 6.15 Å². The lowest BCUT2D eigenvalue weighted by atomic mass is 10.1. The highest BCUT2D eigenvalue weighted by atomic mass is 32.3. The Morgan fingerprint density at radius 3 is 1.12 bits per heavy atom. The first-order valence-electron chi connectivity index (χ1n) is 4.10. The zero-order chi connectivity index (χ0) is 11.3. The van der Waals surface area contributed by atoms with Crippen molar-refractivity contribution in [2.24, 2.45) is 0 Å². The van der Waals surface area contributed by atoms with Crippen LogP contribution in [-0.2, 0) is 10.4 Å². The van der Waals surface area contributed by atoms with Gasteiger partial charge in [0.05, 0.1) is 0 Å². The molecule has 0 aliphatic carbocycles. The molecule has 0 fully saturated rings. The number of fused-ring (bicyclic) bond motifs is 1. The van der Waals surface area contributed by atoms with E-state index in [0.717, 1.165) is 0 Å². The molecular formula is C10H13NO4S. The SMILES string of the molecule is N.O=S(=O)(O)O.c1ccc2ccccc2c1. The molecule has 0 atom stereocenters. The van der Waals surface area contributed by atoms with Crippen molar-refractivity contribution in [3.63, 3.8) is 0 Å². The Morgan fingerprint density at radius 1 is 0.750 bits per heavy atom. The van der Waals surface area contributed by atoms with E-state index in [4.69, 9.17) is 17.5 Å². The Balaban J connectivity index is 0.000000330. The molecule has 0 aliphatic heterocycles. The summed E-state index contributed by atoms with van der Waals surface area (Å²) in [6.45, 7) is 0. The molecule has 6 heteroatoms. The molecule has 16 heavy (non-hydrogen) atoms. The Kier molecular flexibility index (Phi) is 5.62. The van der Waals surface area contributed by atoms with Gasteiger partial charge < -0.3 is 6.15 Å². The fourth-order valence-electron chi connectivity index (χ4n) is 1.13. The van der Waals surface area contributed by atoms with E-state index in [1.54, 1.807) is 0 Å². The first-order valence-corrected chi connectivity index (χ1v) is 5.50. The van der Waals surface area contributed by atoms with Gasteiger partial charge in [-0.1, -0.05) is 48.5 Å².